The van der Waals surface area contributed by atoms with Gasteiger partial charge in [0.2, 0.25) is 5.91 Å². The molecular weight excluding hydrogens is 214 g/mol. The molecule has 4 nitrogen and oxygen atoms in total. The molecule has 0 aliphatic heterocycles. The Hall–Kier alpha value is -1.42. The molecule has 0 aromatic carbocycles. The highest BCUT2D eigenvalue weighted by Gasteiger charge is 1.99. The van der Waals surface area contributed by atoms with Crippen molar-refractivity contribution >= 4 is 5.91 Å². The Kier molecular flexibility index (Phi) is 6.98. The second-order valence-electron chi connectivity index (χ2n) is 3.99. The number of nitrogens with one attached hydrogen (secondary N) is 2. The molecule has 0 atom stereocenters. The number of pyridine rings is 1. The van der Waals surface area contributed by atoms with Crippen molar-refractivity contribution in [2.45, 2.75) is 32.7 Å². The normalized spacial score (nSPS) is 10.2. The van der Waals surface area contributed by atoms with E-state index in [9.17, 15) is 4.79 Å². The average molecular weight is 235 g/mol. The zero-order chi connectivity index (χ0) is 12.3. The molecule has 4 heteroatoms. The fourth-order valence-corrected chi connectivity index (χ4v) is 1.43. The maximum absolute atomic E-state index is 11.4. The van der Waals surface area contributed by atoms with Crippen LogP contribution in [0.5, 0.6) is 0 Å². The van der Waals surface area contributed by atoms with E-state index in [4.69, 9.17) is 0 Å². The van der Waals surface area contributed by atoms with E-state index < -0.39 is 0 Å². The molecule has 94 valence electrons. The van der Waals surface area contributed by atoms with Crippen LogP contribution in [-0.2, 0) is 11.3 Å². The summed E-state index contributed by atoms with van der Waals surface area (Å²) in [4.78, 5) is 15.3. The van der Waals surface area contributed by atoms with E-state index in [1.807, 2.05) is 12.1 Å². The first-order valence-electron chi connectivity index (χ1n) is 6.19. The highest BCUT2D eigenvalue weighted by Crippen LogP contribution is 1.94. The molecule has 2 N–H and O–H groups in total. The van der Waals surface area contributed by atoms with Gasteiger partial charge in [0.25, 0.3) is 0 Å². The third-order valence-electron chi connectivity index (χ3n) is 2.46. The van der Waals surface area contributed by atoms with Gasteiger partial charge in [0.1, 0.15) is 0 Å². The number of nitrogens with zero attached hydrogens (tertiary/aromatic N) is 1. The van der Waals surface area contributed by atoms with Crippen molar-refractivity contribution in [2.75, 3.05) is 13.1 Å². The Bertz CT molecular complexity index is 314. The van der Waals surface area contributed by atoms with Crippen LogP contribution in [-0.4, -0.2) is 24.0 Å². The molecule has 0 bridgehead atoms. The summed E-state index contributed by atoms with van der Waals surface area (Å²) >= 11 is 0. The maximum atomic E-state index is 11.4. The quantitative estimate of drug-likeness (QED) is 0.671. The lowest BCUT2D eigenvalue weighted by molar-refractivity contribution is -0.121. The molecule has 1 heterocycles. The molecule has 0 spiro atoms. The van der Waals surface area contributed by atoms with Gasteiger partial charge in [-0.05, 0) is 24.1 Å². The summed E-state index contributed by atoms with van der Waals surface area (Å²) in [6.45, 7) is 4.40. The minimum atomic E-state index is 0.126. The first kappa shape index (κ1) is 13.6. The number of aromatic nitrogens is 1. The summed E-state index contributed by atoms with van der Waals surface area (Å²) in [5, 5.41) is 6.13. The lowest BCUT2D eigenvalue weighted by Crippen LogP contribution is -2.28. The summed E-state index contributed by atoms with van der Waals surface area (Å²) in [7, 11) is 0. The van der Waals surface area contributed by atoms with Crippen LogP contribution in [0.25, 0.3) is 0 Å². The standard InChI is InChI=1S/C13H21N3O/c1-2-3-7-16-13(17)6-10-15-11-12-4-8-14-9-5-12/h4-5,8-9,15H,2-3,6-7,10-11H2,1H3,(H,16,17). The number of unbranched alkanes of at least 4 members (excludes halogenated alkanes) is 1. The first-order valence-corrected chi connectivity index (χ1v) is 6.19. The van der Waals surface area contributed by atoms with Crippen molar-refractivity contribution in [2.24, 2.45) is 0 Å². The predicted molar refractivity (Wildman–Crippen MR) is 68.5 cm³/mol. The van der Waals surface area contributed by atoms with Crippen LogP contribution in [0.1, 0.15) is 31.7 Å². The van der Waals surface area contributed by atoms with Gasteiger partial charge in [-0.3, -0.25) is 9.78 Å². The summed E-state index contributed by atoms with van der Waals surface area (Å²) in [6, 6.07) is 3.93. The predicted octanol–water partition coefficient (Wildman–Crippen LogP) is 1.48. The van der Waals surface area contributed by atoms with Crippen molar-refractivity contribution in [3.05, 3.63) is 30.1 Å². The van der Waals surface area contributed by atoms with Gasteiger partial charge in [-0.2, -0.15) is 0 Å². The van der Waals surface area contributed by atoms with Gasteiger partial charge < -0.3 is 10.6 Å². The zero-order valence-corrected chi connectivity index (χ0v) is 10.4. The Labute approximate surface area is 103 Å². The maximum Gasteiger partial charge on any atom is 0.221 e. The van der Waals surface area contributed by atoms with Crippen LogP contribution < -0.4 is 10.6 Å². The van der Waals surface area contributed by atoms with Crippen LogP contribution >= 0.6 is 0 Å². The lowest BCUT2D eigenvalue weighted by atomic mass is 10.2. The molecule has 17 heavy (non-hydrogen) atoms. The molecule has 0 saturated carbocycles. The van der Waals surface area contributed by atoms with Crippen molar-refractivity contribution in [1.29, 1.82) is 0 Å². The Morgan fingerprint density at radius 3 is 2.76 bits per heavy atom. The zero-order valence-electron chi connectivity index (χ0n) is 10.4. The van der Waals surface area contributed by atoms with E-state index in [-0.39, 0.29) is 5.91 Å². The Balaban J connectivity index is 2.02. The highest BCUT2D eigenvalue weighted by molar-refractivity contribution is 5.75. The van der Waals surface area contributed by atoms with E-state index in [0.717, 1.165) is 25.9 Å². The Morgan fingerprint density at radius 1 is 1.29 bits per heavy atom. The fourth-order valence-electron chi connectivity index (χ4n) is 1.43. The highest BCUT2D eigenvalue weighted by atomic mass is 16.1. The molecule has 1 aromatic heterocycles. The lowest BCUT2D eigenvalue weighted by Gasteiger charge is -2.05. The number of hydrogen-bond donors (Lipinski definition) is 2. The van der Waals surface area contributed by atoms with Gasteiger partial charge in [-0.25, -0.2) is 0 Å². The van der Waals surface area contributed by atoms with Crippen LogP contribution in [0.15, 0.2) is 24.5 Å². The summed E-state index contributed by atoms with van der Waals surface area (Å²) in [6.07, 6.45) is 6.24. The van der Waals surface area contributed by atoms with Crippen molar-refractivity contribution in [3.63, 3.8) is 0 Å². The van der Waals surface area contributed by atoms with Gasteiger partial charge in [0, 0.05) is 38.4 Å². The third-order valence-corrected chi connectivity index (χ3v) is 2.46. The van der Waals surface area contributed by atoms with Gasteiger partial charge in [-0.15, -0.1) is 0 Å². The smallest absolute Gasteiger partial charge is 0.221 e. The van der Waals surface area contributed by atoms with Gasteiger partial charge in [0.15, 0.2) is 0 Å². The molecule has 1 aromatic rings. The number of amides is 1. The largest absolute Gasteiger partial charge is 0.356 e. The molecule has 0 aliphatic rings. The Morgan fingerprint density at radius 2 is 2.06 bits per heavy atom. The van der Waals surface area contributed by atoms with Gasteiger partial charge >= 0.3 is 0 Å². The topological polar surface area (TPSA) is 54.0 Å². The van der Waals surface area contributed by atoms with E-state index in [2.05, 4.69) is 22.5 Å². The fraction of sp³-hybridized carbons (Fsp3) is 0.538. The van der Waals surface area contributed by atoms with E-state index >= 15 is 0 Å². The second-order valence-corrected chi connectivity index (χ2v) is 3.99. The number of carbonyl (C=O) groups excluding carboxylic acids is 1. The molecule has 1 amide bonds. The number of hydrogen-bond acceptors (Lipinski definition) is 3. The number of carbonyl (C=O) groups is 1. The SMILES string of the molecule is CCCCNC(=O)CCNCc1ccncc1. The summed E-state index contributed by atoms with van der Waals surface area (Å²) in [5.74, 6) is 0.126. The summed E-state index contributed by atoms with van der Waals surface area (Å²) < 4.78 is 0. The van der Waals surface area contributed by atoms with Crippen molar-refractivity contribution < 1.29 is 4.79 Å². The second kappa shape index (κ2) is 8.70. The minimum absolute atomic E-state index is 0.126. The van der Waals surface area contributed by atoms with Gasteiger partial charge in [-0.1, -0.05) is 13.3 Å². The summed E-state index contributed by atoms with van der Waals surface area (Å²) in [5.41, 5.74) is 1.19. The van der Waals surface area contributed by atoms with Crippen LogP contribution in [0.2, 0.25) is 0 Å². The van der Waals surface area contributed by atoms with E-state index in [0.29, 0.717) is 13.0 Å². The average Bonchev–Trinajstić information content (AvgIpc) is 2.36. The molecular formula is C13H21N3O. The monoisotopic (exact) mass is 235 g/mol. The number of rotatable bonds is 8. The molecule has 0 fully saturated rings. The van der Waals surface area contributed by atoms with Crippen molar-refractivity contribution in [3.8, 4) is 0 Å². The molecule has 0 saturated heterocycles. The first-order chi connectivity index (χ1) is 8.33. The van der Waals surface area contributed by atoms with Crippen LogP contribution in [0, 0.1) is 0 Å². The van der Waals surface area contributed by atoms with Crippen LogP contribution in [0.3, 0.4) is 0 Å². The van der Waals surface area contributed by atoms with E-state index in [1.54, 1.807) is 12.4 Å². The minimum Gasteiger partial charge on any atom is -0.356 e. The van der Waals surface area contributed by atoms with Crippen LogP contribution in [0.4, 0.5) is 0 Å². The van der Waals surface area contributed by atoms with E-state index in [1.165, 1.54) is 5.56 Å². The molecule has 0 radical (unpaired) electrons. The molecule has 0 unspecified atom stereocenters. The third kappa shape index (κ3) is 6.68. The van der Waals surface area contributed by atoms with Gasteiger partial charge in [0.05, 0.1) is 0 Å². The molecule has 1 rings (SSSR count). The van der Waals surface area contributed by atoms with Crippen molar-refractivity contribution in [1.82, 2.24) is 15.6 Å². The molecule has 0 aliphatic carbocycles.